The second kappa shape index (κ2) is 5.11. The van der Waals surface area contributed by atoms with Crippen molar-refractivity contribution in [3.63, 3.8) is 0 Å². The number of rotatable bonds is 3. The van der Waals surface area contributed by atoms with Gasteiger partial charge in [0, 0.05) is 6.04 Å². The molecule has 4 heteroatoms. The summed E-state index contributed by atoms with van der Waals surface area (Å²) in [6.07, 6.45) is 1.02. The van der Waals surface area contributed by atoms with Crippen molar-refractivity contribution in [2.75, 3.05) is 5.32 Å². The third kappa shape index (κ3) is 2.94. The summed E-state index contributed by atoms with van der Waals surface area (Å²) in [5, 5.41) is 4.84. The maximum atomic E-state index is 6.00. The van der Waals surface area contributed by atoms with E-state index in [-0.39, 0.29) is 0 Å². The second-order valence-corrected chi connectivity index (χ2v) is 4.42. The van der Waals surface area contributed by atoms with E-state index in [1.54, 1.807) is 12.1 Å². The molecule has 0 aromatic heterocycles. The van der Waals surface area contributed by atoms with Crippen molar-refractivity contribution >= 4 is 40.5 Å². The van der Waals surface area contributed by atoms with Crippen molar-refractivity contribution in [2.45, 2.75) is 26.3 Å². The van der Waals surface area contributed by atoms with E-state index < -0.39 is 0 Å². The summed E-state index contributed by atoms with van der Waals surface area (Å²) >= 11 is 17.7. The van der Waals surface area contributed by atoms with Gasteiger partial charge < -0.3 is 5.32 Å². The predicted molar refractivity (Wildman–Crippen MR) is 64.8 cm³/mol. The molecule has 1 aromatic rings. The molecule has 0 amide bonds. The van der Waals surface area contributed by atoms with Crippen LogP contribution in [0.1, 0.15) is 20.3 Å². The van der Waals surface area contributed by atoms with Gasteiger partial charge in [0.05, 0.1) is 20.8 Å². The Balaban J connectivity index is 2.92. The van der Waals surface area contributed by atoms with Crippen molar-refractivity contribution < 1.29 is 0 Å². The van der Waals surface area contributed by atoms with Crippen molar-refractivity contribution in [3.8, 4) is 0 Å². The fraction of sp³-hybridized carbons (Fsp3) is 0.400. The van der Waals surface area contributed by atoms with Crippen LogP contribution in [0.5, 0.6) is 0 Å². The highest BCUT2D eigenvalue weighted by Gasteiger charge is 2.07. The topological polar surface area (TPSA) is 12.0 Å². The van der Waals surface area contributed by atoms with Crippen LogP contribution < -0.4 is 5.32 Å². The Morgan fingerprint density at radius 3 is 2.29 bits per heavy atom. The van der Waals surface area contributed by atoms with E-state index in [1.165, 1.54) is 0 Å². The third-order valence-corrected chi connectivity index (χ3v) is 3.06. The van der Waals surface area contributed by atoms with Gasteiger partial charge in [0.2, 0.25) is 0 Å². The molecule has 78 valence electrons. The van der Waals surface area contributed by atoms with Crippen LogP contribution in [0.2, 0.25) is 15.1 Å². The lowest BCUT2D eigenvalue weighted by atomic mass is 10.2. The molecule has 0 radical (unpaired) electrons. The highest BCUT2D eigenvalue weighted by Crippen LogP contribution is 2.32. The molecule has 0 saturated heterocycles. The highest BCUT2D eigenvalue weighted by molar-refractivity contribution is 6.44. The summed E-state index contributed by atoms with van der Waals surface area (Å²) in [6, 6.07) is 3.76. The number of nitrogens with one attached hydrogen (secondary N) is 1. The van der Waals surface area contributed by atoms with Gasteiger partial charge in [-0.25, -0.2) is 0 Å². The van der Waals surface area contributed by atoms with Crippen LogP contribution in [0.15, 0.2) is 12.1 Å². The zero-order valence-corrected chi connectivity index (χ0v) is 10.3. The van der Waals surface area contributed by atoms with Crippen molar-refractivity contribution in [2.24, 2.45) is 0 Å². The molecule has 14 heavy (non-hydrogen) atoms. The van der Waals surface area contributed by atoms with Gasteiger partial charge in [-0.05, 0) is 25.5 Å². The van der Waals surface area contributed by atoms with E-state index in [9.17, 15) is 0 Å². The molecule has 1 N–H and O–H groups in total. The van der Waals surface area contributed by atoms with E-state index in [2.05, 4.69) is 19.2 Å². The minimum atomic E-state index is 0.366. The Labute approximate surface area is 99.4 Å². The lowest BCUT2D eigenvalue weighted by Gasteiger charge is -2.14. The molecule has 0 heterocycles. The molecule has 0 fully saturated rings. The average molecular weight is 253 g/mol. The van der Waals surface area contributed by atoms with Crippen LogP contribution >= 0.6 is 34.8 Å². The molecule has 0 aliphatic carbocycles. The lowest BCUT2D eigenvalue weighted by Crippen LogP contribution is -2.13. The van der Waals surface area contributed by atoms with Crippen molar-refractivity contribution in [1.29, 1.82) is 0 Å². The van der Waals surface area contributed by atoms with E-state index in [1.807, 2.05) is 0 Å². The minimum absolute atomic E-state index is 0.366. The quantitative estimate of drug-likeness (QED) is 0.758. The van der Waals surface area contributed by atoms with Gasteiger partial charge >= 0.3 is 0 Å². The average Bonchev–Trinajstić information content (AvgIpc) is 2.14. The van der Waals surface area contributed by atoms with Crippen molar-refractivity contribution in [1.82, 2.24) is 0 Å². The standard InChI is InChI=1S/C10H12Cl3N/c1-3-6(2)14-10-5-8(12)7(11)4-9(10)13/h4-6,14H,3H2,1-2H3. The molecule has 0 bridgehead atoms. The molecule has 1 nitrogen and oxygen atoms in total. The van der Waals surface area contributed by atoms with Crippen LogP contribution in [-0.2, 0) is 0 Å². The van der Waals surface area contributed by atoms with Gasteiger partial charge in [0.1, 0.15) is 0 Å². The van der Waals surface area contributed by atoms with Crippen LogP contribution in [-0.4, -0.2) is 6.04 Å². The zero-order valence-electron chi connectivity index (χ0n) is 8.07. The van der Waals surface area contributed by atoms with Crippen LogP contribution in [0.4, 0.5) is 5.69 Å². The second-order valence-electron chi connectivity index (χ2n) is 3.20. The molecule has 1 aromatic carbocycles. The normalized spacial score (nSPS) is 12.6. The van der Waals surface area contributed by atoms with E-state index in [0.29, 0.717) is 21.1 Å². The summed E-state index contributed by atoms with van der Waals surface area (Å²) in [5.74, 6) is 0. The first-order chi connectivity index (χ1) is 6.54. The summed E-state index contributed by atoms with van der Waals surface area (Å²) in [4.78, 5) is 0. The van der Waals surface area contributed by atoms with Crippen LogP contribution in [0.25, 0.3) is 0 Å². The molecule has 0 aliphatic rings. The Hall–Kier alpha value is -0.110. The Morgan fingerprint density at radius 2 is 1.71 bits per heavy atom. The van der Waals surface area contributed by atoms with Gasteiger partial charge in [-0.3, -0.25) is 0 Å². The number of hydrogen-bond acceptors (Lipinski definition) is 1. The maximum Gasteiger partial charge on any atom is 0.0653 e. The fourth-order valence-corrected chi connectivity index (χ4v) is 1.60. The summed E-state index contributed by atoms with van der Waals surface area (Å²) < 4.78 is 0. The molecular formula is C10H12Cl3N. The van der Waals surface area contributed by atoms with Gasteiger partial charge in [-0.15, -0.1) is 0 Å². The number of benzene rings is 1. The SMILES string of the molecule is CCC(C)Nc1cc(Cl)c(Cl)cc1Cl. The summed E-state index contributed by atoms with van der Waals surface area (Å²) in [6.45, 7) is 4.18. The molecule has 0 aliphatic heterocycles. The van der Waals surface area contributed by atoms with Gasteiger partial charge in [0.25, 0.3) is 0 Å². The maximum absolute atomic E-state index is 6.00. The monoisotopic (exact) mass is 251 g/mol. The Bertz CT molecular complexity index is 325. The molecule has 1 unspecified atom stereocenters. The molecule has 0 saturated carbocycles. The molecule has 1 rings (SSSR count). The van der Waals surface area contributed by atoms with Gasteiger partial charge in [-0.1, -0.05) is 41.7 Å². The Kier molecular flexibility index (Phi) is 4.36. The zero-order chi connectivity index (χ0) is 10.7. The fourth-order valence-electron chi connectivity index (χ4n) is 1.00. The van der Waals surface area contributed by atoms with E-state index in [0.717, 1.165) is 12.1 Å². The summed E-state index contributed by atoms with van der Waals surface area (Å²) in [7, 11) is 0. The number of halogens is 3. The molecule has 1 atom stereocenters. The first-order valence-corrected chi connectivity index (χ1v) is 5.59. The number of hydrogen-bond donors (Lipinski definition) is 1. The van der Waals surface area contributed by atoms with Gasteiger partial charge in [-0.2, -0.15) is 0 Å². The number of anilines is 1. The lowest BCUT2D eigenvalue weighted by molar-refractivity contribution is 0.764. The first-order valence-electron chi connectivity index (χ1n) is 4.45. The predicted octanol–water partition coefficient (Wildman–Crippen LogP) is 4.86. The van der Waals surface area contributed by atoms with Crippen LogP contribution in [0, 0.1) is 0 Å². The first kappa shape index (κ1) is 12.0. The smallest absolute Gasteiger partial charge is 0.0653 e. The van der Waals surface area contributed by atoms with E-state index in [4.69, 9.17) is 34.8 Å². The third-order valence-electron chi connectivity index (χ3n) is 2.02. The Morgan fingerprint density at radius 1 is 1.14 bits per heavy atom. The summed E-state index contributed by atoms with van der Waals surface area (Å²) in [5.41, 5.74) is 0.829. The van der Waals surface area contributed by atoms with Crippen molar-refractivity contribution in [3.05, 3.63) is 27.2 Å². The molecular weight excluding hydrogens is 240 g/mol. The minimum Gasteiger partial charge on any atom is -0.381 e. The molecule has 0 spiro atoms. The van der Waals surface area contributed by atoms with Gasteiger partial charge in [0.15, 0.2) is 0 Å². The van der Waals surface area contributed by atoms with Crippen LogP contribution in [0.3, 0.4) is 0 Å². The highest BCUT2D eigenvalue weighted by atomic mass is 35.5. The largest absolute Gasteiger partial charge is 0.381 e. The van der Waals surface area contributed by atoms with E-state index >= 15 is 0 Å².